The van der Waals surface area contributed by atoms with Crippen LogP contribution in [0.25, 0.3) is 0 Å². The molecule has 4 nitrogen and oxygen atoms in total. The lowest BCUT2D eigenvalue weighted by Crippen LogP contribution is -2.47. The molecule has 1 aromatic carbocycles. The summed E-state index contributed by atoms with van der Waals surface area (Å²) < 4.78 is 10.9. The highest BCUT2D eigenvalue weighted by Gasteiger charge is 2.29. The molecule has 2 rings (SSSR count). The van der Waals surface area contributed by atoms with Crippen LogP contribution in [-0.2, 0) is 9.53 Å². The van der Waals surface area contributed by atoms with Crippen LogP contribution in [0.5, 0.6) is 5.75 Å². The lowest BCUT2D eigenvalue weighted by Gasteiger charge is -2.33. The molecule has 110 valence electrons. The molecule has 1 fully saturated rings. The van der Waals surface area contributed by atoms with Crippen LogP contribution in [-0.4, -0.2) is 43.2 Å². The van der Waals surface area contributed by atoms with Crippen LogP contribution in [0.2, 0.25) is 0 Å². The van der Waals surface area contributed by atoms with E-state index in [4.69, 9.17) is 9.47 Å². The molecule has 1 heterocycles. The van der Waals surface area contributed by atoms with E-state index in [0.717, 1.165) is 38.1 Å². The van der Waals surface area contributed by atoms with Crippen LogP contribution in [0.4, 0.5) is 0 Å². The van der Waals surface area contributed by atoms with Crippen LogP contribution >= 0.6 is 0 Å². The summed E-state index contributed by atoms with van der Waals surface area (Å²) in [6, 6.07) is 9.67. The van der Waals surface area contributed by atoms with Crippen molar-refractivity contribution in [1.29, 1.82) is 0 Å². The minimum absolute atomic E-state index is 0.0908. The number of hydrogen-bond donors (Lipinski definition) is 0. The SMILES string of the molecule is CCOC(=O)C1CCCCN1CCOc1ccccc1. The number of likely N-dealkylation sites (tertiary alicyclic amines) is 1. The molecule has 0 aliphatic carbocycles. The van der Waals surface area contributed by atoms with E-state index < -0.39 is 0 Å². The van der Waals surface area contributed by atoms with Gasteiger partial charge in [0, 0.05) is 6.54 Å². The average Bonchev–Trinajstić information content (AvgIpc) is 2.49. The van der Waals surface area contributed by atoms with Gasteiger partial charge in [0.25, 0.3) is 0 Å². The molecule has 0 aromatic heterocycles. The number of carbonyl (C=O) groups excluding carboxylic acids is 1. The van der Waals surface area contributed by atoms with Crippen molar-refractivity contribution in [3.8, 4) is 5.75 Å². The third-order valence-electron chi connectivity index (χ3n) is 3.56. The molecule has 1 aromatic rings. The van der Waals surface area contributed by atoms with Crippen molar-refractivity contribution in [3.05, 3.63) is 30.3 Å². The van der Waals surface area contributed by atoms with Crippen molar-refractivity contribution < 1.29 is 14.3 Å². The molecule has 4 heteroatoms. The number of ether oxygens (including phenoxy) is 2. The zero-order valence-corrected chi connectivity index (χ0v) is 12.1. The highest BCUT2D eigenvalue weighted by molar-refractivity contribution is 5.75. The maximum absolute atomic E-state index is 11.9. The Bertz CT molecular complexity index is 407. The van der Waals surface area contributed by atoms with E-state index in [1.54, 1.807) is 0 Å². The van der Waals surface area contributed by atoms with Crippen LogP contribution in [0, 0.1) is 0 Å². The van der Waals surface area contributed by atoms with Crippen LogP contribution in [0.3, 0.4) is 0 Å². The van der Waals surface area contributed by atoms with Crippen LogP contribution in [0.15, 0.2) is 30.3 Å². The van der Waals surface area contributed by atoms with E-state index in [-0.39, 0.29) is 12.0 Å². The summed E-state index contributed by atoms with van der Waals surface area (Å²) in [5.74, 6) is 0.782. The summed E-state index contributed by atoms with van der Waals surface area (Å²) in [7, 11) is 0. The molecule has 0 bridgehead atoms. The average molecular weight is 277 g/mol. The predicted octanol–water partition coefficient (Wildman–Crippen LogP) is 2.48. The van der Waals surface area contributed by atoms with Crippen LogP contribution < -0.4 is 4.74 Å². The van der Waals surface area contributed by atoms with Gasteiger partial charge in [-0.3, -0.25) is 9.69 Å². The van der Waals surface area contributed by atoms with Gasteiger partial charge in [-0.15, -0.1) is 0 Å². The fraction of sp³-hybridized carbons (Fsp3) is 0.562. The highest BCUT2D eigenvalue weighted by atomic mass is 16.5. The number of rotatable bonds is 6. The van der Waals surface area contributed by atoms with Crippen molar-refractivity contribution in [2.24, 2.45) is 0 Å². The minimum Gasteiger partial charge on any atom is -0.492 e. The Morgan fingerprint density at radius 1 is 1.30 bits per heavy atom. The number of hydrogen-bond acceptors (Lipinski definition) is 4. The van der Waals surface area contributed by atoms with E-state index in [2.05, 4.69) is 4.90 Å². The Hall–Kier alpha value is -1.55. The molecule has 1 aliphatic rings. The van der Waals surface area contributed by atoms with Gasteiger partial charge in [-0.25, -0.2) is 0 Å². The number of nitrogens with zero attached hydrogens (tertiary/aromatic N) is 1. The first-order valence-corrected chi connectivity index (χ1v) is 7.40. The first-order chi connectivity index (χ1) is 9.81. The molecule has 0 radical (unpaired) electrons. The fourth-order valence-corrected chi connectivity index (χ4v) is 2.56. The second kappa shape index (κ2) is 7.90. The van der Waals surface area contributed by atoms with Gasteiger partial charge in [-0.1, -0.05) is 24.6 Å². The maximum atomic E-state index is 11.9. The van der Waals surface area contributed by atoms with Crippen molar-refractivity contribution in [3.63, 3.8) is 0 Å². The fourth-order valence-electron chi connectivity index (χ4n) is 2.56. The van der Waals surface area contributed by atoms with E-state index in [0.29, 0.717) is 13.2 Å². The Balaban J connectivity index is 1.81. The summed E-state index contributed by atoms with van der Waals surface area (Å²) in [5.41, 5.74) is 0. The molecule has 1 saturated heterocycles. The summed E-state index contributed by atoms with van der Waals surface area (Å²) in [6.07, 6.45) is 3.13. The largest absolute Gasteiger partial charge is 0.492 e. The molecule has 0 amide bonds. The maximum Gasteiger partial charge on any atom is 0.323 e. The topological polar surface area (TPSA) is 38.8 Å². The molecule has 0 spiro atoms. The summed E-state index contributed by atoms with van der Waals surface area (Å²) in [4.78, 5) is 14.1. The Kier molecular flexibility index (Phi) is 5.87. The molecule has 0 saturated carbocycles. The molecule has 1 unspecified atom stereocenters. The first kappa shape index (κ1) is 14.9. The van der Waals surface area contributed by atoms with E-state index in [1.807, 2.05) is 37.3 Å². The second-order valence-electron chi connectivity index (χ2n) is 4.96. The Labute approximate surface area is 120 Å². The molecular formula is C16H23NO3. The normalized spacial score (nSPS) is 19.6. The Morgan fingerprint density at radius 3 is 2.85 bits per heavy atom. The zero-order valence-electron chi connectivity index (χ0n) is 12.1. The van der Waals surface area contributed by atoms with Gasteiger partial charge in [-0.2, -0.15) is 0 Å². The summed E-state index contributed by atoms with van der Waals surface area (Å²) in [6.45, 7) is 4.60. The standard InChI is InChI=1S/C16H23NO3/c1-2-19-16(18)15-10-6-7-11-17(15)12-13-20-14-8-4-3-5-9-14/h3-5,8-9,15H,2,6-7,10-13H2,1H3. The highest BCUT2D eigenvalue weighted by Crippen LogP contribution is 2.18. The quantitative estimate of drug-likeness (QED) is 0.749. The first-order valence-electron chi connectivity index (χ1n) is 7.40. The molecule has 20 heavy (non-hydrogen) atoms. The monoisotopic (exact) mass is 277 g/mol. The number of benzene rings is 1. The second-order valence-corrected chi connectivity index (χ2v) is 4.96. The zero-order chi connectivity index (χ0) is 14.2. The van der Waals surface area contributed by atoms with Crippen molar-refractivity contribution in [2.75, 3.05) is 26.3 Å². The molecule has 0 N–H and O–H groups in total. The van der Waals surface area contributed by atoms with Gasteiger partial charge < -0.3 is 9.47 Å². The third kappa shape index (κ3) is 4.23. The third-order valence-corrected chi connectivity index (χ3v) is 3.56. The van der Waals surface area contributed by atoms with Crippen molar-refractivity contribution >= 4 is 5.97 Å². The van der Waals surface area contributed by atoms with Gasteiger partial charge in [0.1, 0.15) is 18.4 Å². The molecule has 1 atom stereocenters. The van der Waals surface area contributed by atoms with Crippen molar-refractivity contribution in [1.82, 2.24) is 4.90 Å². The number of carbonyl (C=O) groups is 1. The lowest BCUT2D eigenvalue weighted by atomic mass is 10.0. The number of piperidine rings is 1. The number of para-hydroxylation sites is 1. The molecule has 1 aliphatic heterocycles. The Morgan fingerprint density at radius 2 is 2.10 bits per heavy atom. The predicted molar refractivity (Wildman–Crippen MR) is 77.8 cm³/mol. The van der Waals surface area contributed by atoms with Gasteiger partial charge in [0.2, 0.25) is 0 Å². The van der Waals surface area contributed by atoms with Gasteiger partial charge in [0.15, 0.2) is 0 Å². The number of esters is 1. The van der Waals surface area contributed by atoms with E-state index in [1.165, 1.54) is 0 Å². The minimum atomic E-state index is -0.0944. The van der Waals surface area contributed by atoms with Crippen molar-refractivity contribution in [2.45, 2.75) is 32.2 Å². The van der Waals surface area contributed by atoms with E-state index in [9.17, 15) is 4.79 Å². The summed E-state index contributed by atoms with van der Waals surface area (Å²) >= 11 is 0. The molecular weight excluding hydrogens is 254 g/mol. The smallest absolute Gasteiger partial charge is 0.323 e. The van der Waals surface area contributed by atoms with Gasteiger partial charge in [0.05, 0.1) is 6.61 Å². The van der Waals surface area contributed by atoms with Crippen LogP contribution in [0.1, 0.15) is 26.2 Å². The van der Waals surface area contributed by atoms with Gasteiger partial charge in [-0.05, 0) is 38.4 Å². The lowest BCUT2D eigenvalue weighted by molar-refractivity contribution is -0.151. The summed E-state index contributed by atoms with van der Waals surface area (Å²) in [5, 5.41) is 0. The van der Waals surface area contributed by atoms with E-state index >= 15 is 0 Å². The van der Waals surface area contributed by atoms with Gasteiger partial charge >= 0.3 is 5.97 Å².